The number of nitrogens with one attached hydrogen (secondary N) is 2. The molecule has 0 spiro atoms. The number of carboxylic acids is 1. The lowest BCUT2D eigenvalue weighted by Crippen LogP contribution is -2.29. The van der Waals surface area contributed by atoms with Crippen molar-refractivity contribution in [2.75, 3.05) is 11.9 Å². The second-order valence-corrected chi connectivity index (χ2v) is 10.5. The molecule has 11 heteroatoms. The largest absolute Gasteiger partial charge is 0.481 e. The molecule has 4 rings (SSSR count). The van der Waals surface area contributed by atoms with Crippen LogP contribution in [0, 0.1) is 19.8 Å². The smallest absolute Gasteiger partial charge is 0.452 e. The fourth-order valence-corrected chi connectivity index (χ4v) is 5.13. The summed E-state index contributed by atoms with van der Waals surface area (Å²) in [5, 5.41) is 14.0. The van der Waals surface area contributed by atoms with Crippen molar-refractivity contribution in [3.05, 3.63) is 70.6 Å². The Morgan fingerprint density at radius 2 is 1.71 bits per heavy atom. The number of hydrogen-bond donors (Lipinski definition) is 3. The number of amides is 2. The highest BCUT2D eigenvalue weighted by molar-refractivity contribution is 5.95. The van der Waals surface area contributed by atoms with E-state index in [9.17, 15) is 27.6 Å². The van der Waals surface area contributed by atoms with E-state index in [2.05, 4.69) is 15.6 Å². The summed E-state index contributed by atoms with van der Waals surface area (Å²) in [6.07, 6.45) is -1.33. The number of carbonyl (C=O) groups is 3. The zero-order chi connectivity index (χ0) is 29.7. The molecular formula is C30H32F3N3O5. The normalized spacial score (nSPS) is 17.2. The zero-order valence-corrected chi connectivity index (χ0v) is 22.8. The van der Waals surface area contributed by atoms with Crippen LogP contribution in [0.25, 0.3) is 11.5 Å². The molecule has 1 aliphatic carbocycles. The van der Waals surface area contributed by atoms with Crippen LogP contribution < -0.4 is 10.6 Å². The van der Waals surface area contributed by atoms with Gasteiger partial charge < -0.3 is 20.2 Å². The van der Waals surface area contributed by atoms with Crippen LogP contribution in [-0.4, -0.2) is 34.4 Å². The molecule has 0 saturated heterocycles. The number of carboxylic acid groups (broad SMARTS) is 1. The summed E-state index contributed by atoms with van der Waals surface area (Å²) < 4.78 is 45.9. The summed E-state index contributed by atoms with van der Waals surface area (Å²) in [4.78, 5) is 39.8. The van der Waals surface area contributed by atoms with Gasteiger partial charge in [0.15, 0.2) is 5.69 Å². The van der Waals surface area contributed by atoms with Gasteiger partial charge >= 0.3 is 12.1 Å². The van der Waals surface area contributed by atoms with E-state index in [0.717, 1.165) is 36.8 Å². The Morgan fingerprint density at radius 1 is 1.02 bits per heavy atom. The number of nitrogens with zero attached hydrogens (tertiary/aromatic N) is 1. The van der Waals surface area contributed by atoms with Crippen molar-refractivity contribution in [3.8, 4) is 11.5 Å². The molecule has 1 aliphatic rings. The summed E-state index contributed by atoms with van der Waals surface area (Å²) in [7, 11) is 0. The van der Waals surface area contributed by atoms with E-state index in [1.807, 2.05) is 12.1 Å². The molecule has 0 unspecified atom stereocenters. The van der Waals surface area contributed by atoms with Gasteiger partial charge in [-0.3, -0.25) is 14.4 Å². The van der Waals surface area contributed by atoms with E-state index >= 15 is 0 Å². The van der Waals surface area contributed by atoms with E-state index < -0.39 is 35.4 Å². The minimum absolute atomic E-state index is 0.163. The molecule has 1 heterocycles. The summed E-state index contributed by atoms with van der Waals surface area (Å²) in [5.74, 6) is -3.52. The van der Waals surface area contributed by atoms with E-state index in [1.165, 1.54) is 0 Å². The highest BCUT2D eigenvalue weighted by Gasteiger charge is 2.42. The Kier molecular flexibility index (Phi) is 9.14. The highest BCUT2D eigenvalue weighted by Crippen LogP contribution is 2.38. The molecule has 0 bridgehead atoms. The molecule has 41 heavy (non-hydrogen) atoms. The average molecular weight is 572 g/mol. The van der Waals surface area contributed by atoms with Gasteiger partial charge in [-0.2, -0.15) is 13.2 Å². The van der Waals surface area contributed by atoms with Gasteiger partial charge in [-0.15, -0.1) is 0 Å². The zero-order valence-electron chi connectivity index (χ0n) is 22.8. The van der Waals surface area contributed by atoms with Crippen molar-refractivity contribution >= 4 is 23.5 Å². The van der Waals surface area contributed by atoms with Crippen LogP contribution in [0.3, 0.4) is 0 Å². The van der Waals surface area contributed by atoms with E-state index in [1.54, 1.807) is 44.2 Å². The summed E-state index contributed by atoms with van der Waals surface area (Å²) >= 11 is 0. The Morgan fingerprint density at radius 3 is 2.34 bits per heavy atom. The number of anilines is 1. The number of benzene rings is 2. The quantitative estimate of drug-likeness (QED) is 0.270. The standard InChI is InChI=1S/C30H32F3N3O5/c1-17-3-4-18(2)23(15-17)29-36-26(27(41-29)30(31,32)33)28(40)34-14-13-24(37)35-22-11-9-21(10-12-22)20-7-5-19(6-8-20)16-25(38)39/h3-4,9-12,15,19-20H,5-8,13-14,16H2,1-2H3,(H,34,40)(H,35,37)(H,38,39). The first-order valence-corrected chi connectivity index (χ1v) is 13.5. The van der Waals surface area contributed by atoms with Crippen molar-refractivity contribution in [2.24, 2.45) is 5.92 Å². The van der Waals surface area contributed by atoms with Gasteiger partial charge in [0.25, 0.3) is 5.91 Å². The fraction of sp³-hybridized carbons (Fsp3) is 0.400. The first kappa shape index (κ1) is 29.8. The van der Waals surface area contributed by atoms with Crippen LogP contribution in [0.1, 0.15) is 77.4 Å². The molecule has 1 saturated carbocycles. The maximum absolute atomic E-state index is 13.6. The summed E-state index contributed by atoms with van der Waals surface area (Å²) in [5.41, 5.74) is 2.58. The minimum atomic E-state index is -4.93. The lowest BCUT2D eigenvalue weighted by atomic mass is 9.77. The molecular weight excluding hydrogens is 539 g/mol. The third-order valence-electron chi connectivity index (χ3n) is 7.34. The number of halogens is 3. The maximum Gasteiger partial charge on any atom is 0.452 e. The van der Waals surface area contributed by atoms with Gasteiger partial charge in [-0.05, 0) is 80.7 Å². The predicted molar refractivity (Wildman–Crippen MR) is 145 cm³/mol. The van der Waals surface area contributed by atoms with Gasteiger partial charge in [0.05, 0.1) is 0 Å². The Hall–Kier alpha value is -4.15. The third-order valence-corrected chi connectivity index (χ3v) is 7.34. The first-order chi connectivity index (χ1) is 19.4. The molecule has 1 fully saturated rings. The molecule has 3 N–H and O–H groups in total. The van der Waals surface area contributed by atoms with E-state index in [0.29, 0.717) is 22.7 Å². The average Bonchev–Trinajstić information content (AvgIpc) is 3.37. The molecule has 2 aromatic carbocycles. The van der Waals surface area contributed by atoms with Crippen LogP contribution in [0.4, 0.5) is 18.9 Å². The molecule has 0 radical (unpaired) electrons. The molecule has 0 atom stereocenters. The molecule has 2 amide bonds. The fourth-order valence-electron chi connectivity index (χ4n) is 5.13. The van der Waals surface area contributed by atoms with Gasteiger partial charge in [-0.1, -0.05) is 29.8 Å². The van der Waals surface area contributed by atoms with Crippen LogP contribution >= 0.6 is 0 Å². The predicted octanol–water partition coefficient (Wildman–Crippen LogP) is 6.48. The van der Waals surface area contributed by atoms with Gasteiger partial charge in [-0.25, -0.2) is 4.98 Å². The van der Waals surface area contributed by atoms with Crippen molar-refractivity contribution in [1.82, 2.24) is 10.3 Å². The van der Waals surface area contributed by atoms with Crippen molar-refractivity contribution in [3.63, 3.8) is 0 Å². The second kappa shape index (κ2) is 12.6. The van der Waals surface area contributed by atoms with E-state index in [4.69, 9.17) is 9.52 Å². The first-order valence-electron chi connectivity index (χ1n) is 13.5. The monoisotopic (exact) mass is 571 g/mol. The van der Waals surface area contributed by atoms with Gasteiger partial charge in [0.2, 0.25) is 17.6 Å². The van der Waals surface area contributed by atoms with Gasteiger partial charge in [0, 0.05) is 30.6 Å². The lowest BCUT2D eigenvalue weighted by molar-refractivity contribution is -0.153. The van der Waals surface area contributed by atoms with Crippen molar-refractivity contribution < 1.29 is 37.1 Å². The van der Waals surface area contributed by atoms with Crippen LogP contribution in [0.15, 0.2) is 46.9 Å². The number of oxazole rings is 1. The summed E-state index contributed by atoms with van der Waals surface area (Å²) in [6.45, 7) is 3.28. The number of aliphatic carboxylic acids is 1. The number of carbonyl (C=O) groups excluding carboxylic acids is 2. The van der Waals surface area contributed by atoms with Crippen LogP contribution in [-0.2, 0) is 15.8 Å². The minimum Gasteiger partial charge on any atom is -0.481 e. The number of hydrogen-bond acceptors (Lipinski definition) is 5. The second-order valence-electron chi connectivity index (χ2n) is 10.5. The van der Waals surface area contributed by atoms with Crippen LogP contribution in [0.5, 0.6) is 0 Å². The Bertz CT molecular complexity index is 1410. The number of rotatable bonds is 9. The topological polar surface area (TPSA) is 122 Å². The highest BCUT2D eigenvalue weighted by atomic mass is 19.4. The Balaban J connectivity index is 1.31. The van der Waals surface area contributed by atoms with Gasteiger partial charge in [0.1, 0.15) is 0 Å². The van der Waals surface area contributed by atoms with Crippen molar-refractivity contribution in [1.29, 1.82) is 0 Å². The van der Waals surface area contributed by atoms with Crippen LogP contribution in [0.2, 0.25) is 0 Å². The molecule has 1 aromatic heterocycles. The molecule has 3 aromatic rings. The number of aryl methyl sites for hydroxylation is 2. The number of aromatic nitrogens is 1. The SMILES string of the molecule is Cc1ccc(C)c(-c2nc(C(=O)NCCC(=O)Nc3ccc(C4CCC(CC(=O)O)CC4)cc3)c(C(F)(F)F)o2)c1. The van der Waals surface area contributed by atoms with Crippen molar-refractivity contribution in [2.45, 2.75) is 64.5 Å². The summed E-state index contributed by atoms with van der Waals surface area (Å²) in [6, 6.07) is 12.6. The third kappa shape index (κ3) is 7.74. The van der Waals surface area contributed by atoms with E-state index in [-0.39, 0.29) is 31.2 Å². The maximum atomic E-state index is 13.6. The molecule has 0 aliphatic heterocycles. The lowest BCUT2D eigenvalue weighted by Gasteiger charge is -2.28. The molecule has 218 valence electrons. The molecule has 8 nitrogen and oxygen atoms in total. The number of alkyl halides is 3. The Labute approximate surface area is 235 Å².